The van der Waals surface area contributed by atoms with Crippen LogP contribution < -0.4 is 22.3 Å². The summed E-state index contributed by atoms with van der Waals surface area (Å²) in [5, 5.41) is 3.44. The molecule has 1 aliphatic rings. The molecule has 0 bridgehead atoms. The number of nitrogens with zero attached hydrogens (tertiary/aromatic N) is 1. The van der Waals surface area contributed by atoms with Crippen LogP contribution in [-0.2, 0) is 0 Å². The van der Waals surface area contributed by atoms with Crippen LogP contribution >= 0.6 is 23.2 Å². The van der Waals surface area contributed by atoms with Crippen molar-refractivity contribution < 1.29 is 4.79 Å². The molecule has 0 aliphatic heterocycles. The van der Waals surface area contributed by atoms with E-state index in [0.717, 1.165) is 30.3 Å². The van der Waals surface area contributed by atoms with E-state index in [0.29, 0.717) is 10.9 Å². The summed E-state index contributed by atoms with van der Waals surface area (Å²) in [5.41, 5.74) is 5.33. The van der Waals surface area contributed by atoms with E-state index in [9.17, 15) is 14.4 Å². The number of nitrogen functional groups attached to an aromatic ring is 1. The van der Waals surface area contributed by atoms with Gasteiger partial charge in [0.05, 0.1) is 15.7 Å². The molecule has 0 saturated heterocycles. The highest BCUT2D eigenvalue weighted by molar-refractivity contribution is 6.42. The molecule has 32 heavy (non-hydrogen) atoms. The molecule has 4 N–H and O–H groups in total. The van der Waals surface area contributed by atoms with Gasteiger partial charge in [-0.2, -0.15) is 0 Å². The third-order valence-electron chi connectivity index (χ3n) is 5.86. The highest BCUT2D eigenvalue weighted by Crippen LogP contribution is 2.33. The van der Waals surface area contributed by atoms with Gasteiger partial charge in [-0.25, -0.2) is 4.79 Å². The number of anilines is 1. The lowest BCUT2D eigenvalue weighted by atomic mass is 9.82. The number of nitrogens with two attached hydrogens (primary N) is 1. The lowest BCUT2D eigenvalue weighted by Crippen LogP contribution is -2.43. The SMILES string of the molecule is Nc1c(C(=O)NC2CCC(c3ccccc3)CC2)n(-c2ccc(Cl)c(Cl)c2)c(=O)[nH]c1=O. The molecule has 2 aromatic carbocycles. The van der Waals surface area contributed by atoms with Crippen LogP contribution in [0, 0.1) is 0 Å². The lowest BCUT2D eigenvalue weighted by Gasteiger charge is -2.29. The molecule has 0 radical (unpaired) electrons. The Labute approximate surface area is 194 Å². The summed E-state index contributed by atoms with van der Waals surface area (Å²) in [7, 11) is 0. The van der Waals surface area contributed by atoms with Crippen molar-refractivity contribution in [3.8, 4) is 5.69 Å². The van der Waals surface area contributed by atoms with E-state index in [4.69, 9.17) is 28.9 Å². The minimum Gasteiger partial charge on any atom is -0.392 e. The number of aromatic nitrogens is 2. The molecule has 7 nitrogen and oxygen atoms in total. The monoisotopic (exact) mass is 472 g/mol. The fraction of sp³-hybridized carbons (Fsp3) is 0.261. The average molecular weight is 473 g/mol. The molecule has 0 atom stereocenters. The van der Waals surface area contributed by atoms with Crippen molar-refractivity contribution in [2.75, 3.05) is 5.73 Å². The summed E-state index contributed by atoms with van der Waals surface area (Å²) in [6.07, 6.45) is 3.43. The first-order chi connectivity index (χ1) is 15.3. The summed E-state index contributed by atoms with van der Waals surface area (Å²) in [4.78, 5) is 40.0. The zero-order valence-corrected chi connectivity index (χ0v) is 18.6. The summed E-state index contributed by atoms with van der Waals surface area (Å²) in [6, 6.07) is 14.7. The number of nitrogens with one attached hydrogen (secondary N) is 2. The Morgan fingerprint density at radius 2 is 1.69 bits per heavy atom. The van der Waals surface area contributed by atoms with Gasteiger partial charge in [0.15, 0.2) is 0 Å². The second-order valence-electron chi connectivity index (χ2n) is 7.89. The van der Waals surface area contributed by atoms with Gasteiger partial charge in [0, 0.05) is 6.04 Å². The molecular weight excluding hydrogens is 451 g/mol. The van der Waals surface area contributed by atoms with Gasteiger partial charge in [-0.3, -0.25) is 19.1 Å². The molecule has 1 aromatic heterocycles. The molecule has 9 heteroatoms. The molecule has 4 rings (SSSR count). The Hall–Kier alpha value is -3.03. The third kappa shape index (κ3) is 4.45. The van der Waals surface area contributed by atoms with Crippen LogP contribution in [0.4, 0.5) is 5.69 Å². The molecule has 1 saturated carbocycles. The van der Waals surface area contributed by atoms with Crippen LogP contribution in [0.2, 0.25) is 10.0 Å². The van der Waals surface area contributed by atoms with Crippen molar-refractivity contribution in [1.29, 1.82) is 0 Å². The molecule has 0 unspecified atom stereocenters. The maximum atomic E-state index is 13.2. The van der Waals surface area contributed by atoms with E-state index in [2.05, 4.69) is 22.4 Å². The number of halogens is 2. The van der Waals surface area contributed by atoms with Gasteiger partial charge in [-0.05, 0) is 55.4 Å². The minimum atomic E-state index is -0.816. The molecular formula is C23H22Cl2N4O3. The fourth-order valence-corrected chi connectivity index (χ4v) is 4.49. The van der Waals surface area contributed by atoms with Gasteiger partial charge in [-0.15, -0.1) is 0 Å². The van der Waals surface area contributed by atoms with E-state index in [1.807, 2.05) is 18.2 Å². The Morgan fingerprint density at radius 1 is 1.00 bits per heavy atom. The topological polar surface area (TPSA) is 110 Å². The van der Waals surface area contributed by atoms with Crippen LogP contribution in [0.3, 0.4) is 0 Å². The van der Waals surface area contributed by atoms with Crippen LogP contribution in [0.15, 0.2) is 58.1 Å². The number of carbonyl (C=O) groups is 1. The van der Waals surface area contributed by atoms with Gasteiger partial charge in [0.25, 0.3) is 11.5 Å². The van der Waals surface area contributed by atoms with Crippen molar-refractivity contribution in [1.82, 2.24) is 14.9 Å². The van der Waals surface area contributed by atoms with E-state index >= 15 is 0 Å². The van der Waals surface area contributed by atoms with Gasteiger partial charge < -0.3 is 11.1 Å². The smallest absolute Gasteiger partial charge is 0.333 e. The Balaban J connectivity index is 1.59. The quantitative estimate of drug-likeness (QED) is 0.534. The second kappa shape index (κ2) is 9.22. The molecule has 1 fully saturated rings. The van der Waals surface area contributed by atoms with Crippen LogP contribution in [0.1, 0.15) is 47.7 Å². The Bertz CT molecular complexity index is 1260. The summed E-state index contributed by atoms with van der Waals surface area (Å²) < 4.78 is 1.05. The number of benzene rings is 2. The Morgan fingerprint density at radius 3 is 2.34 bits per heavy atom. The number of rotatable bonds is 4. The van der Waals surface area contributed by atoms with Crippen LogP contribution in [0.5, 0.6) is 0 Å². The maximum Gasteiger partial charge on any atom is 0.333 e. The molecule has 1 aliphatic carbocycles. The zero-order chi connectivity index (χ0) is 22.8. The molecule has 1 heterocycles. The summed E-state index contributed by atoms with van der Waals surface area (Å²) >= 11 is 12.1. The fourth-order valence-electron chi connectivity index (χ4n) is 4.19. The van der Waals surface area contributed by atoms with Gasteiger partial charge in [-0.1, -0.05) is 53.5 Å². The summed E-state index contributed by atoms with van der Waals surface area (Å²) in [5.74, 6) is -0.136. The summed E-state index contributed by atoms with van der Waals surface area (Å²) in [6.45, 7) is 0. The zero-order valence-electron chi connectivity index (χ0n) is 17.1. The number of hydrogen-bond donors (Lipinski definition) is 3. The molecule has 0 spiro atoms. The van der Waals surface area contributed by atoms with Gasteiger partial charge in [0.2, 0.25) is 0 Å². The lowest BCUT2D eigenvalue weighted by molar-refractivity contribution is 0.0918. The highest BCUT2D eigenvalue weighted by Gasteiger charge is 2.27. The van der Waals surface area contributed by atoms with Crippen LogP contribution in [0.25, 0.3) is 5.69 Å². The van der Waals surface area contributed by atoms with Gasteiger partial charge in [0.1, 0.15) is 11.4 Å². The van der Waals surface area contributed by atoms with Crippen molar-refractivity contribution >= 4 is 34.8 Å². The first-order valence-corrected chi connectivity index (χ1v) is 11.1. The van der Waals surface area contributed by atoms with Crippen molar-refractivity contribution in [2.45, 2.75) is 37.6 Å². The number of aromatic amines is 1. The molecule has 1 amide bonds. The molecule has 166 valence electrons. The first-order valence-electron chi connectivity index (χ1n) is 10.3. The molecule has 3 aromatic rings. The second-order valence-corrected chi connectivity index (χ2v) is 8.70. The van der Waals surface area contributed by atoms with Crippen molar-refractivity contribution in [3.05, 3.63) is 90.7 Å². The third-order valence-corrected chi connectivity index (χ3v) is 6.60. The predicted molar refractivity (Wildman–Crippen MR) is 126 cm³/mol. The van der Waals surface area contributed by atoms with E-state index in [1.54, 1.807) is 0 Å². The van der Waals surface area contributed by atoms with Crippen molar-refractivity contribution in [2.24, 2.45) is 0 Å². The standard InChI is InChI=1S/C23H22Cl2N4O3/c24-17-11-10-16(12-18(17)25)29-20(19(26)21(30)28-23(29)32)22(31)27-15-8-6-14(7-9-15)13-4-2-1-3-5-13/h1-5,10-12,14-15H,6-9,26H2,(H,27,31)(H,28,30,32). The highest BCUT2D eigenvalue weighted by atomic mass is 35.5. The van der Waals surface area contributed by atoms with E-state index < -0.39 is 17.2 Å². The predicted octanol–water partition coefficient (Wildman–Crippen LogP) is 3.87. The number of carbonyl (C=O) groups excluding carboxylic acids is 1. The largest absolute Gasteiger partial charge is 0.392 e. The van der Waals surface area contributed by atoms with Crippen molar-refractivity contribution in [3.63, 3.8) is 0 Å². The number of amides is 1. The maximum absolute atomic E-state index is 13.2. The van der Waals surface area contributed by atoms with E-state index in [-0.39, 0.29) is 28.1 Å². The number of H-pyrrole nitrogens is 1. The van der Waals surface area contributed by atoms with Crippen LogP contribution in [-0.4, -0.2) is 21.5 Å². The van der Waals surface area contributed by atoms with E-state index in [1.165, 1.54) is 23.8 Å². The average Bonchev–Trinajstić information content (AvgIpc) is 2.79. The number of hydrogen-bond acceptors (Lipinski definition) is 4. The normalized spacial score (nSPS) is 18.3. The minimum absolute atomic E-state index is 0.0847. The Kier molecular flexibility index (Phi) is 6.39. The van der Waals surface area contributed by atoms with Gasteiger partial charge >= 0.3 is 5.69 Å². The first kappa shape index (κ1) is 22.2.